The number of halogens is 1. The van der Waals surface area contributed by atoms with Gasteiger partial charge in [-0.15, -0.1) is 11.3 Å². The number of hydrogen-bond acceptors (Lipinski definition) is 4. The van der Waals surface area contributed by atoms with Crippen LogP contribution in [0.3, 0.4) is 0 Å². The van der Waals surface area contributed by atoms with E-state index in [-0.39, 0.29) is 0 Å². The summed E-state index contributed by atoms with van der Waals surface area (Å²) in [6.07, 6.45) is 1.45. The summed E-state index contributed by atoms with van der Waals surface area (Å²) in [6.45, 7) is 0.761. The molecular formula is C12H9ClN2OS. The molecule has 0 spiro atoms. The van der Waals surface area contributed by atoms with Gasteiger partial charge >= 0.3 is 0 Å². The lowest BCUT2D eigenvalue weighted by atomic mass is 10.3. The molecule has 1 aromatic carbocycles. The first-order valence-corrected chi connectivity index (χ1v) is 6.32. The Kier molecular flexibility index (Phi) is 2.74. The first-order valence-electron chi connectivity index (χ1n) is 5.12. The molecule has 0 bridgehead atoms. The average molecular weight is 265 g/mol. The lowest BCUT2D eigenvalue weighted by Crippen LogP contribution is -1.96. The van der Waals surface area contributed by atoms with Crippen molar-refractivity contribution in [3.05, 3.63) is 45.9 Å². The number of nitrogens with one attached hydrogen (secondary N) is 1. The summed E-state index contributed by atoms with van der Waals surface area (Å²) in [4.78, 5) is 5.27. The zero-order chi connectivity index (χ0) is 11.7. The maximum atomic E-state index is 5.87. The fourth-order valence-corrected chi connectivity index (χ4v) is 2.63. The van der Waals surface area contributed by atoms with Gasteiger partial charge in [0.1, 0.15) is 5.52 Å². The van der Waals surface area contributed by atoms with E-state index in [9.17, 15) is 0 Å². The van der Waals surface area contributed by atoms with E-state index < -0.39 is 0 Å². The summed E-state index contributed by atoms with van der Waals surface area (Å²) in [5.74, 6) is 0. The van der Waals surface area contributed by atoms with Gasteiger partial charge < -0.3 is 9.73 Å². The highest BCUT2D eigenvalue weighted by molar-refractivity contribution is 7.16. The summed E-state index contributed by atoms with van der Waals surface area (Å²) in [6, 6.07) is 9.79. The molecule has 2 aromatic heterocycles. The molecule has 0 aliphatic carbocycles. The van der Waals surface area contributed by atoms with Gasteiger partial charge in [-0.25, -0.2) is 4.98 Å². The minimum atomic E-state index is 0.761. The van der Waals surface area contributed by atoms with Crippen molar-refractivity contribution in [2.45, 2.75) is 6.54 Å². The molecule has 0 amide bonds. The molecule has 0 aliphatic heterocycles. The third-order valence-corrected chi connectivity index (χ3v) is 3.66. The average Bonchev–Trinajstić information content (AvgIpc) is 2.94. The third-order valence-electron chi connectivity index (χ3n) is 2.43. The van der Waals surface area contributed by atoms with Crippen LogP contribution < -0.4 is 5.32 Å². The van der Waals surface area contributed by atoms with E-state index in [1.165, 1.54) is 11.3 Å². The Labute approximate surface area is 107 Å². The predicted molar refractivity (Wildman–Crippen MR) is 70.7 cm³/mol. The van der Waals surface area contributed by atoms with E-state index in [2.05, 4.69) is 10.3 Å². The highest BCUT2D eigenvalue weighted by Gasteiger charge is 2.01. The van der Waals surface area contributed by atoms with Gasteiger partial charge in [-0.2, -0.15) is 0 Å². The van der Waals surface area contributed by atoms with Crippen molar-refractivity contribution in [2.24, 2.45) is 0 Å². The van der Waals surface area contributed by atoms with Crippen LogP contribution >= 0.6 is 22.9 Å². The van der Waals surface area contributed by atoms with Crippen molar-refractivity contribution in [3.8, 4) is 0 Å². The largest absolute Gasteiger partial charge is 0.443 e. The molecule has 0 saturated carbocycles. The van der Waals surface area contributed by atoms with Crippen LogP contribution in [0.2, 0.25) is 4.34 Å². The molecule has 5 heteroatoms. The van der Waals surface area contributed by atoms with E-state index in [1.54, 1.807) is 11.3 Å². The number of hydrogen-bond donors (Lipinski definition) is 1. The van der Waals surface area contributed by atoms with Crippen LogP contribution in [0.4, 0.5) is 5.69 Å². The van der Waals surface area contributed by atoms with Crippen molar-refractivity contribution in [3.63, 3.8) is 0 Å². The maximum absolute atomic E-state index is 5.87. The monoisotopic (exact) mass is 264 g/mol. The van der Waals surface area contributed by atoms with Gasteiger partial charge in [0.05, 0.1) is 4.34 Å². The third kappa shape index (κ3) is 2.28. The van der Waals surface area contributed by atoms with E-state index >= 15 is 0 Å². The second kappa shape index (κ2) is 4.39. The Bertz CT molecular complexity index is 647. The molecule has 3 aromatic rings. The molecule has 0 radical (unpaired) electrons. The van der Waals surface area contributed by atoms with Crippen LogP contribution in [-0.4, -0.2) is 4.98 Å². The molecule has 0 fully saturated rings. The van der Waals surface area contributed by atoms with Crippen molar-refractivity contribution >= 4 is 39.7 Å². The number of anilines is 1. The van der Waals surface area contributed by atoms with Crippen LogP contribution in [0.5, 0.6) is 0 Å². The van der Waals surface area contributed by atoms with E-state index in [0.29, 0.717) is 0 Å². The predicted octanol–water partition coefficient (Wildman–Crippen LogP) is 4.15. The number of nitrogens with zero attached hydrogens (tertiary/aromatic N) is 1. The summed E-state index contributed by atoms with van der Waals surface area (Å²) < 4.78 is 6.06. The van der Waals surface area contributed by atoms with Gasteiger partial charge in [-0.05, 0) is 24.3 Å². The van der Waals surface area contributed by atoms with Gasteiger partial charge in [0.15, 0.2) is 12.0 Å². The Hall–Kier alpha value is -1.52. The van der Waals surface area contributed by atoms with Gasteiger partial charge in [0.25, 0.3) is 0 Å². The highest BCUT2D eigenvalue weighted by atomic mass is 35.5. The van der Waals surface area contributed by atoms with Crippen LogP contribution in [0, 0.1) is 0 Å². The van der Waals surface area contributed by atoms with Crippen LogP contribution in [-0.2, 0) is 6.54 Å². The normalized spacial score (nSPS) is 10.9. The van der Waals surface area contributed by atoms with Crippen molar-refractivity contribution in [1.82, 2.24) is 4.98 Å². The molecule has 0 unspecified atom stereocenters. The summed E-state index contributed by atoms with van der Waals surface area (Å²) in [7, 11) is 0. The molecular weight excluding hydrogens is 256 g/mol. The lowest BCUT2D eigenvalue weighted by molar-refractivity contribution is 0.602. The van der Waals surface area contributed by atoms with Crippen molar-refractivity contribution in [2.75, 3.05) is 5.32 Å². The van der Waals surface area contributed by atoms with E-state index in [1.807, 2.05) is 30.3 Å². The summed E-state index contributed by atoms with van der Waals surface area (Å²) >= 11 is 7.45. The fraction of sp³-hybridized carbons (Fsp3) is 0.0833. The molecule has 17 heavy (non-hydrogen) atoms. The standard InChI is InChI=1S/C12H9ClN2OS/c13-12-4-2-9(17-12)6-14-8-1-3-10-11(5-8)16-7-15-10/h1-5,7,14H,6H2. The molecule has 86 valence electrons. The van der Waals surface area contributed by atoms with E-state index in [0.717, 1.165) is 27.7 Å². The second-order valence-corrected chi connectivity index (χ2v) is 5.39. The maximum Gasteiger partial charge on any atom is 0.181 e. The minimum absolute atomic E-state index is 0.761. The van der Waals surface area contributed by atoms with Gasteiger partial charge in [0, 0.05) is 23.2 Å². The van der Waals surface area contributed by atoms with Crippen molar-refractivity contribution < 1.29 is 4.42 Å². The van der Waals surface area contributed by atoms with Crippen molar-refractivity contribution in [1.29, 1.82) is 0 Å². The van der Waals surface area contributed by atoms with Gasteiger partial charge in [-0.3, -0.25) is 0 Å². The molecule has 3 nitrogen and oxygen atoms in total. The smallest absolute Gasteiger partial charge is 0.181 e. The number of aromatic nitrogens is 1. The number of fused-ring (bicyclic) bond motifs is 1. The molecule has 1 N–H and O–H groups in total. The van der Waals surface area contributed by atoms with Gasteiger partial charge in [0.2, 0.25) is 0 Å². The lowest BCUT2D eigenvalue weighted by Gasteiger charge is -2.03. The molecule has 0 saturated heterocycles. The summed E-state index contributed by atoms with van der Waals surface area (Å²) in [5.41, 5.74) is 2.67. The van der Waals surface area contributed by atoms with Crippen LogP contribution in [0.1, 0.15) is 4.88 Å². The summed E-state index contributed by atoms with van der Waals surface area (Å²) in [5, 5.41) is 3.32. The Balaban J connectivity index is 1.76. The SMILES string of the molecule is Clc1ccc(CNc2ccc3ncoc3c2)s1. The number of thiophene rings is 1. The minimum Gasteiger partial charge on any atom is -0.443 e. The Morgan fingerprint density at radius 1 is 1.29 bits per heavy atom. The molecule has 3 rings (SSSR count). The van der Waals surface area contributed by atoms with E-state index in [4.69, 9.17) is 16.0 Å². The number of benzene rings is 1. The number of rotatable bonds is 3. The molecule has 2 heterocycles. The van der Waals surface area contributed by atoms with Gasteiger partial charge in [-0.1, -0.05) is 11.6 Å². The second-order valence-electron chi connectivity index (χ2n) is 3.59. The van der Waals surface area contributed by atoms with Crippen LogP contribution in [0.25, 0.3) is 11.1 Å². The first-order chi connectivity index (χ1) is 8.31. The fourth-order valence-electron chi connectivity index (χ4n) is 1.60. The highest BCUT2D eigenvalue weighted by Crippen LogP contribution is 2.23. The molecule has 0 aliphatic rings. The number of oxazole rings is 1. The zero-order valence-corrected chi connectivity index (χ0v) is 10.4. The first kappa shape index (κ1) is 10.6. The quantitative estimate of drug-likeness (QED) is 0.772. The Morgan fingerprint density at radius 2 is 2.24 bits per heavy atom. The van der Waals surface area contributed by atoms with Crippen LogP contribution in [0.15, 0.2) is 41.1 Å². The molecule has 0 atom stereocenters. The Morgan fingerprint density at radius 3 is 3.06 bits per heavy atom. The zero-order valence-electron chi connectivity index (χ0n) is 8.81. The topological polar surface area (TPSA) is 38.1 Å².